The largest absolute Gasteiger partial charge is 0.370 e. The molecule has 1 saturated heterocycles. The van der Waals surface area contributed by atoms with Gasteiger partial charge in [-0.2, -0.15) is 11.8 Å². The van der Waals surface area contributed by atoms with Crippen LogP contribution in [0.4, 0.5) is 5.82 Å². The van der Waals surface area contributed by atoms with E-state index in [1.807, 2.05) is 6.92 Å². The van der Waals surface area contributed by atoms with Crippen LogP contribution in [0.25, 0.3) is 0 Å². The SMILES string of the molecule is CCNc1ccc(C(=O)N2CCSCC2S(C)(=O)=O)cn1. The fraction of sp³-hybridized carbons (Fsp3) is 0.538. The molecule has 0 radical (unpaired) electrons. The average Bonchev–Trinajstić information content (AvgIpc) is 2.47. The lowest BCUT2D eigenvalue weighted by atomic mass is 10.2. The van der Waals surface area contributed by atoms with Gasteiger partial charge in [-0.15, -0.1) is 0 Å². The van der Waals surface area contributed by atoms with Gasteiger partial charge in [0, 0.05) is 37.0 Å². The van der Waals surface area contributed by atoms with Crippen LogP contribution in [-0.2, 0) is 9.84 Å². The number of carbonyl (C=O) groups excluding carboxylic acids is 1. The Morgan fingerprint density at radius 2 is 2.29 bits per heavy atom. The van der Waals surface area contributed by atoms with Crippen LogP contribution in [0.1, 0.15) is 17.3 Å². The number of carbonyl (C=O) groups is 1. The summed E-state index contributed by atoms with van der Waals surface area (Å²) in [7, 11) is -3.29. The molecule has 0 spiro atoms. The third kappa shape index (κ3) is 3.88. The molecule has 0 bridgehead atoms. The lowest BCUT2D eigenvalue weighted by molar-refractivity contribution is 0.0749. The van der Waals surface area contributed by atoms with Gasteiger partial charge in [0.25, 0.3) is 5.91 Å². The van der Waals surface area contributed by atoms with E-state index in [0.717, 1.165) is 12.3 Å². The molecule has 21 heavy (non-hydrogen) atoms. The van der Waals surface area contributed by atoms with Crippen molar-refractivity contribution < 1.29 is 13.2 Å². The minimum atomic E-state index is -3.29. The molecule has 116 valence electrons. The van der Waals surface area contributed by atoms with Gasteiger partial charge in [0.2, 0.25) is 0 Å². The predicted octanol–water partition coefficient (Wildman–Crippen LogP) is 1.07. The van der Waals surface area contributed by atoms with E-state index in [1.165, 1.54) is 17.4 Å². The molecule has 1 unspecified atom stereocenters. The number of hydrogen-bond donors (Lipinski definition) is 1. The molecular weight excluding hydrogens is 310 g/mol. The van der Waals surface area contributed by atoms with Gasteiger partial charge in [0.15, 0.2) is 9.84 Å². The summed E-state index contributed by atoms with van der Waals surface area (Å²) in [6.45, 7) is 3.15. The molecule has 0 saturated carbocycles. The van der Waals surface area contributed by atoms with Gasteiger partial charge in [0.1, 0.15) is 11.2 Å². The molecule has 1 N–H and O–H groups in total. The summed E-state index contributed by atoms with van der Waals surface area (Å²) in [6, 6.07) is 3.40. The van der Waals surface area contributed by atoms with Crippen molar-refractivity contribution in [3.8, 4) is 0 Å². The molecule has 1 aliphatic heterocycles. The number of thioether (sulfide) groups is 1. The van der Waals surface area contributed by atoms with Crippen molar-refractivity contribution in [3.05, 3.63) is 23.9 Å². The lowest BCUT2D eigenvalue weighted by Crippen LogP contribution is -2.49. The summed E-state index contributed by atoms with van der Waals surface area (Å²) in [5.41, 5.74) is 0.414. The maximum atomic E-state index is 12.5. The normalized spacial score (nSPS) is 19.3. The van der Waals surface area contributed by atoms with E-state index < -0.39 is 15.2 Å². The molecule has 2 rings (SSSR count). The zero-order valence-corrected chi connectivity index (χ0v) is 13.7. The molecule has 1 atom stereocenters. The maximum Gasteiger partial charge on any atom is 0.256 e. The summed E-state index contributed by atoms with van der Waals surface area (Å²) in [5.74, 6) is 1.60. The highest BCUT2D eigenvalue weighted by molar-refractivity contribution is 8.00. The number of anilines is 1. The number of nitrogens with zero attached hydrogens (tertiary/aromatic N) is 2. The average molecular weight is 329 g/mol. The van der Waals surface area contributed by atoms with Crippen LogP contribution < -0.4 is 5.32 Å². The molecular formula is C13H19N3O3S2. The van der Waals surface area contributed by atoms with Crippen LogP contribution in [0.2, 0.25) is 0 Å². The number of pyridine rings is 1. The highest BCUT2D eigenvalue weighted by Crippen LogP contribution is 2.22. The minimum absolute atomic E-state index is 0.277. The van der Waals surface area contributed by atoms with Crippen LogP contribution >= 0.6 is 11.8 Å². The van der Waals surface area contributed by atoms with E-state index in [-0.39, 0.29) is 5.91 Å². The quantitative estimate of drug-likeness (QED) is 0.890. The lowest BCUT2D eigenvalue weighted by Gasteiger charge is -2.34. The molecule has 8 heteroatoms. The number of rotatable bonds is 4. The van der Waals surface area contributed by atoms with Gasteiger partial charge in [-0.05, 0) is 19.1 Å². The first-order chi connectivity index (χ1) is 9.93. The fourth-order valence-corrected chi connectivity index (χ4v) is 4.95. The summed E-state index contributed by atoms with van der Waals surface area (Å²) in [5, 5.41) is 2.30. The molecule has 1 aromatic rings. The topological polar surface area (TPSA) is 79.4 Å². The number of amides is 1. The molecule has 0 aromatic carbocycles. The smallest absolute Gasteiger partial charge is 0.256 e. The fourth-order valence-electron chi connectivity index (χ4n) is 2.14. The molecule has 1 aromatic heterocycles. The Morgan fingerprint density at radius 3 is 2.86 bits per heavy atom. The van der Waals surface area contributed by atoms with Gasteiger partial charge in [-0.3, -0.25) is 4.79 Å². The highest BCUT2D eigenvalue weighted by Gasteiger charge is 2.34. The Hall–Kier alpha value is -1.28. The predicted molar refractivity (Wildman–Crippen MR) is 85.4 cm³/mol. The first kappa shape index (κ1) is 16.1. The summed E-state index contributed by atoms with van der Waals surface area (Å²) in [4.78, 5) is 18.1. The second-order valence-corrected chi connectivity index (χ2v) is 8.17. The van der Waals surface area contributed by atoms with Crippen molar-refractivity contribution in [2.24, 2.45) is 0 Å². The van der Waals surface area contributed by atoms with Gasteiger partial charge < -0.3 is 10.2 Å². The molecule has 1 aliphatic rings. The first-order valence-corrected chi connectivity index (χ1v) is 9.82. The Labute approximate surface area is 129 Å². The number of hydrogen-bond acceptors (Lipinski definition) is 6. The second-order valence-electron chi connectivity index (χ2n) is 4.82. The third-order valence-electron chi connectivity index (χ3n) is 3.21. The summed E-state index contributed by atoms with van der Waals surface area (Å²) < 4.78 is 23.7. The first-order valence-electron chi connectivity index (χ1n) is 6.71. The molecule has 6 nitrogen and oxygen atoms in total. The summed E-state index contributed by atoms with van der Waals surface area (Å²) >= 11 is 1.56. The van der Waals surface area contributed by atoms with Crippen LogP contribution in [0.3, 0.4) is 0 Å². The molecule has 0 aliphatic carbocycles. The van der Waals surface area contributed by atoms with Crippen molar-refractivity contribution in [1.29, 1.82) is 0 Å². The zero-order valence-electron chi connectivity index (χ0n) is 12.1. The number of aromatic nitrogens is 1. The maximum absolute atomic E-state index is 12.5. The summed E-state index contributed by atoms with van der Waals surface area (Å²) in [6.07, 6.45) is 2.66. The van der Waals surface area contributed by atoms with Crippen molar-refractivity contribution in [2.75, 3.05) is 36.2 Å². The van der Waals surface area contributed by atoms with E-state index in [1.54, 1.807) is 23.9 Å². The highest BCUT2D eigenvalue weighted by atomic mass is 32.2. The van der Waals surface area contributed by atoms with Gasteiger partial charge in [0.05, 0.1) is 5.56 Å². The molecule has 1 amide bonds. The monoisotopic (exact) mass is 329 g/mol. The Balaban J connectivity index is 2.20. The van der Waals surface area contributed by atoms with E-state index in [0.29, 0.717) is 23.7 Å². The Morgan fingerprint density at radius 1 is 1.52 bits per heavy atom. The van der Waals surface area contributed by atoms with Gasteiger partial charge >= 0.3 is 0 Å². The van der Waals surface area contributed by atoms with Gasteiger partial charge in [-0.25, -0.2) is 13.4 Å². The standard InChI is InChI=1S/C13H19N3O3S2/c1-3-14-11-5-4-10(8-15-11)13(17)16-6-7-20-9-12(16)21(2,18)19/h4-5,8,12H,3,6-7,9H2,1-2H3,(H,14,15). The van der Waals surface area contributed by atoms with Gasteiger partial charge in [-0.1, -0.05) is 0 Å². The van der Waals surface area contributed by atoms with E-state index in [9.17, 15) is 13.2 Å². The minimum Gasteiger partial charge on any atom is -0.370 e. The second kappa shape index (κ2) is 6.65. The van der Waals surface area contributed by atoms with Crippen molar-refractivity contribution in [3.63, 3.8) is 0 Å². The van der Waals surface area contributed by atoms with Crippen molar-refractivity contribution in [1.82, 2.24) is 9.88 Å². The zero-order chi connectivity index (χ0) is 15.5. The number of sulfone groups is 1. The number of nitrogens with one attached hydrogen (secondary N) is 1. The Kier molecular flexibility index (Phi) is 5.10. The van der Waals surface area contributed by atoms with E-state index in [2.05, 4.69) is 10.3 Å². The van der Waals surface area contributed by atoms with Crippen LogP contribution in [0, 0.1) is 0 Å². The van der Waals surface area contributed by atoms with Crippen LogP contribution in [0.15, 0.2) is 18.3 Å². The molecule has 2 heterocycles. The Bertz CT molecular complexity index is 602. The van der Waals surface area contributed by atoms with Crippen molar-refractivity contribution in [2.45, 2.75) is 12.3 Å². The van der Waals surface area contributed by atoms with Crippen LogP contribution in [-0.4, -0.2) is 60.4 Å². The molecule has 1 fully saturated rings. The van der Waals surface area contributed by atoms with E-state index in [4.69, 9.17) is 0 Å². The van der Waals surface area contributed by atoms with Crippen LogP contribution in [0.5, 0.6) is 0 Å². The van der Waals surface area contributed by atoms with E-state index >= 15 is 0 Å². The third-order valence-corrected chi connectivity index (χ3v) is 5.85. The van der Waals surface area contributed by atoms with Crippen molar-refractivity contribution >= 4 is 33.3 Å².